The fourth-order valence-corrected chi connectivity index (χ4v) is 2.48. The number of anilines is 1. The number of amides is 1. The molecule has 0 radical (unpaired) electrons. The van der Waals surface area contributed by atoms with E-state index in [2.05, 4.69) is 5.32 Å². The van der Waals surface area contributed by atoms with Crippen molar-refractivity contribution in [2.75, 3.05) is 18.9 Å². The van der Waals surface area contributed by atoms with Crippen LogP contribution in [0.2, 0.25) is 10.0 Å². The summed E-state index contributed by atoms with van der Waals surface area (Å²) in [5.41, 5.74) is 7.51. The monoisotopic (exact) mass is 402 g/mol. The molecule has 0 atom stereocenters. The van der Waals surface area contributed by atoms with Crippen molar-refractivity contribution in [2.24, 2.45) is 0 Å². The van der Waals surface area contributed by atoms with E-state index in [1.807, 2.05) is 24.3 Å². The lowest BCUT2D eigenvalue weighted by atomic mass is 10.1. The number of nitrogens with one attached hydrogen (secondary N) is 1. The smallest absolute Gasteiger partial charge is 0.220 e. The first-order valence-electron chi connectivity index (χ1n) is 7.74. The fourth-order valence-electron chi connectivity index (χ4n) is 2.13. The van der Waals surface area contributed by atoms with Crippen LogP contribution in [0.5, 0.6) is 5.75 Å². The van der Waals surface area contributed by atoms with Gasteiger partial charge in [-0.2, -0.15) is 0 Å². The summed E-state index contributed by atoms with van der Waals surface area (Å²) in [4.78, 5) is 11.8. The first-order valence-corrected chi connectivity index (χ1v) is 8.50. The molecule has 2 rings (SSSR count). The maximum Gasteiger partial charge on any atom is 0.220 e. The van der Waals surface area contributed by atoms with Crippen molar-refractivity contribution in [2.45, 2.75) is 19.3 Å². The lowest BCUT2D eigenvalue weighted by Crippen LogP contribution is -2.25. The van der Waals surface area contributed by atoms with Crippen LogP contribution in [-0.2, 0) is 11.2 Å². The number of rotatable bonds is 8. The van der Waals surface area contributed by atoms with Crippen LogP contribution in [0.4, 0.5) is 5.69 Å². The number of benzene rings is 2. The quantitative estimate of drug-likeness (QED) is 0.503. The van der Waals surface area contributed by atoms with Crippen LogP contribution in [0.15, 0.2) is 42.5 Å². The second-order valence-corrected chi connectivity index (χ2v) is 6.13. The third-order valence-corrected chi connectivity index (χ3v) is 4.24. The van der Waals surface area contributed by atoms with Gasteiger partial charge in [0.05, 0.1) is 11.6 Å². The van der Waals surface area contributed by atoms with Crippen molar-refractivity contribution >= 4 is 47.2 Å². The highest BCUT2D eigenvalue weighted by Gasteiger charge is 2.06. The number of nitrogens with two attached hydrogens (primary N) is 1. The van der Waals surface area contributed by atoms with Gasteiger partial charge in [0.15, 0.2) is 0 Å². The Kier molecular flexibility index (Phi) is 9.50. The van der Waals surface area contributed by atoms with Crippen molar-refractivity contribution in [3.8, 4) is 5.75 Å². The minimum Gasteiger partial charge on any atom is -0.492 e. The molecule has 0 aromatic heterocycles. The molecule has 2 aromatic carbocycles. The second-order valence-electron chi connectivity index (χ2n) is 5.35. The van der Waals surface area contributed by atoms with Gasteiger partial charge in [-0.3, -0.25) is 4.79 Å². The van der Waals surface area contributed by atoms with Crippen LogP contribution in [0.1, 0.15) is 18.4 Å². The second kappa shape index (κ2) is 11.1. The van der Waals surface area contributed by atoms with E-state index in [0.29, 0.717) is 41.8 Å². The van der Waals surface area contributed by atoms with E-state index in [0.717, 1.165) is 17.7 Å². The Labute approximate surface area is 164 Å². The van der Waals surface area contributed by atoms with Crippen molar-refractivity contribution < 1.29 is 9.53 Å². The van der Waals surface area contributed by atoms with E-state index in [1.165, 1.54) is 0 Å². The Morgan fingerprint density at radius 2 is 1.84 bits per heavy atom. The van der Waals surface area contributed by atoms with Gasteiger partial charge in [0.2, 0.25) is 5.91 Å². The standard InChI is InChI=1S/C18H20Cl2N2O2.ClH/c19-15-3-1-4-16(18(15)20)24-12-2-5-17(23)22-11-10-13-6-8-14(21)9-7-13;/h1,3-4,6-9H,2,5,10-12,21H2,(H,22,23);1H. The zero-order valence-corrected chi connectivity index (χ0v) is 16.0. The molecular weight excluding hydrogens is 383 g/mol. The molecule has 0 spiro atoms. The van der Waals surface area contributed by atoms with Gasteiger partial charge < -0.3 is 15.8 Å². The van der Waals surface area contributed by atoms with Crippen molar-refractivity contribution in [3.63, 3.8) is 0 Å². The highest BCUT2D eigenvalue weighted by molar-refractivity contribution is 6.42. The number of nitrogen functional groups attached to an aromatic ring is 1. The molecule has 7 heteroatoms. The first kappa shape index (κ1) is 21.4. The highest BCUT2D eigenvalue weighted by atomic mass is 35.5. The molecule has 0 saturated carbocycles. The number of hydrogen-bond donors (Lipinski definition) is 2. The van der Waals surface area contributed by atoms with Crippen LogP contribution >= 0.6 is 35.6 Å². The maximum absolute atomic E-state index is 11.8. The predicted octanol–water partition coefficient (Wildman–Crippen LogP) is 4.52. The average molecular weight is 404 g/mol. The molecule has 0 saturated heterocycles. The third kappa shape index (κ3) is 7.43. The summed E-state index contributed by atoms with van der Waals surface area (Å²) in [7, 11) is 0. The van der Waals surface area contributed by atoms with Gasteiger partial charge in [-0.05, 0) is 42.7 Å². The Morgan fingerprint density at radius 1 is 1.12 bits per heavy atom. The summed E-state index contributed by atoms with van der Waals surface area (Å²) in [6, 6.07) is 12.9. The highest BCUT2D eigenvalue weighted by Crippen LogP contribution is 2.31. The van der Waals surface area contributed by atoms with E-state index in [1.54, 1.807) is 18.2 Å². The topological polar surface area (TPSA) is 64.3 Å². The summed E-state index contributed by atoms with van der Waals surface area (Å²) in [6.45, 7) is 1.01. The van der Waals surface area contributed by atoms with Crippen LogP contribution in [-0.4, -0.2) is 19.1 Å². The number of carbonyl (C=O) groups is 1. The zero-order chi connectivity index (χ0) is 17.4. The summed E-state index contributed by atoms with van der Waals surface area (Å²) >= 11 is 11.9. The molecule has 136 valence electrons. The van der Waals surface area contributed by atoms with E-state index < -0.39 is 0 Å². The summed E-state index contributed by atoms with van der Waals surface area (Å²) in [6.07, 6.45) is 1.79. The number of hydrogen-bond acceptors (Lipinski definition) is 3. The Hall–Kier alpha value is -1.62. The molecule has 0 aliphatic heterocycles. The minimum atomic E-state index is 0. The van der Waals surface area contributed by atoms with E-state index in [4.69, 9.17) is 33.7 Å². The van der Waals surface area contributed by atoms with Gasteiger partial charge in [0, 0.05) is 18.7 Å². The van der Waals surface area contributed by atoms with Gasteiger partial charge in [0.25, 0.3) is 0 Å². The Morgan fingerprint density at radius 3 is 2.56 bits per heavy atom. The SMILES string of the molecule is Cl.Nc1ccc(CCNC(=O)CCCOc2cccc(Cl)c2Cl)cc1. The van der Waals surface area contributed by atoms with Crippen LogP contribution in [0, 0.1) is 0 Å². The molecule has 0 aliphatic carbocycles. The van der Waals surface area contributed by atoms with E-state index in [9.17, 15) is 4.79 Å². The lowest BCUT2D eigenvalue weighted by Gasteiger charge is -2.09. The number of ether oxygens (including phenoxy) is 1. The summed E-state index contributed by atoms with van der Waals surface area (Å²) in [5.74, 6) is 0.541. The van der Waals surface area contributed by atoms with Crippen molar-refractivity contribution in [3.05, 3.63) is 58.1 Å². The number of carbonyl (C=O) groups excluding carboxylic acids is 1. The van der Waals surface area contributed by atoms with Crippen LogP contribution in [0.25, 0.3) is 0 Å². The molecule has 3 N–H and O–H groups in total. The molecule has 1 amide bonds. The fraction of sp³-hybridized carbons (Fsp3) is 0.278. The molecule has 0 fully saturated rings. The lowest BCUT2D eigenvalue weighted by molar-refractivity contribution is -0.121. The van der Waals surface area contributed by atoms with Crippen LogP contribution < -0.4 is 15.8 Å². The first-order chi connectivity index (χ1) is 11.6. The Bertz CT molecular complexity index is 679. The Balaban J connectivity index is 0.00000312. The summed E-state index contributed by atoms with van der Waals surface area (Å²) < 4.78 is 5.54. The van der Waals surface area contributed by atoms with Crippen molar-refractivity contribution in [1.29, 1.82) is 0 Å². The van der Waals surface area contributed by atoms with Gasteiger partial charge in [-0.25, -0.2) is 0 Å². The molecule has 0 unspecified atom stereocenters. The van der Waals surface area contributed by atoms with E-state index >= 15 is 0 Å². The zero-order valence-electron chi connectivity index (χ0n) is 13.6. The van der Waals surface area contributed by atoms with Crippen LogP contribution in [0.3, 0.4) is 0 Å². The molecular formula is C18H21Cl3N2O2. The van der Waals surface area contributed by atoms with E-state index in [-0.39, 0.29) is 18.3 Å². The van der Waals surface area contributed by atoms with Gasteiger partial charge in [-0.15, -0.1) is 12.4 Å². The van der Waals surface area contributed by atoms with Gasteiger partial charge in [-0.1, -0.05) is 41.4 Å². The molecule has 2 aromatic rings. The largest absolute Gasteiger partial charge is 0.492 e. The molecule has 0 aliphatic rings. The molecule has 0 bridgehead atoms. The molecule has 25 heavy (non-hydrogen) atoms. The average Bonchev–Trinajstić information content (AvgIpc) is 2.57. The molecule has 0 heterocycles. The number of halogens is 3. The maximum atomic E-state index is 11.8. The van der Waals surface area contributed by atoms with Crippen molar-refractivity contribution in [1.82, 2.24) is 5.32 Å². The normalized spacial score (nSPS) is 10.0. The minimum absolute atomic E-state index is 0. The third-order valence-electron chi connectivity index (χ3n) is 3.44. The predicted molar refractivity (Wildman–Crippen MR) is 106 cm³/mol. The van der Waals surface area contributed by atoms with Gasteiger partial charge in [0.1, 0.15) is 10.8 Å². The summed E-state index contributed by atoms with van der Waals surface area (Å²) in [5, 5.41) is 3.74. The molecule has 4 nitrogen and oxygen atoms in total. The van der Waals surface area contributed by atoms with Gasteiger partial charge >= 0.3 is 0 Å².